The Bertz CT molecular complexity index is 278. The number of amides is 1. The van der Waals surface area contributed by atoms with Gasteiger partial charge in [-0.05, 0) is 47.3 Å². The number of likely N-dealkylation sites (N-methyl/N-ethyl adjacent to an activating group) is 2. The summed E-state index contributed by atoms with van der Waals surface area (Å²) in [6, 6.07) is 0.495. The molecule has 3 N–H and O–H groups in total. The molecule has 1 unspecified atom stereocenters. The van der Waals surface area contributed by atoms with Crippen LogP contribution in [0.15, 0.2) is 0 Å². The van der Waals surface area contributed by atoms with Gasteiger partial charge in [0.25, 0.3) is 0 Å². The fraction of sp³-hybridized carbons (Fsp3) is 0.923. The Kier molecular flexibility index (Phi) is 5.56. The molecular formula is C13H28N4O. The highest BCUT2D eigenvalue weighted by atomic mass is 16.1. The van der Waals surface area contributed by atoms with Crippen molar-refractivity contribution in [3.05, 3.63) is 0 Å². The highest BCUT2D eigenvalue weighted by molar-refractivity contribution is 5.84. The summed E-state index contributed by atoms with van der Waals surface area (Å²) in [6.45, 7) is 4.84. The zero-order valence-electron chi connectivity index (χ0n) is 12.2. The van der Waals surface area contributed by atoms with Crippen molar-refractivity contribution in [2.45, 2.75) is 37.8 Å². The molecule has 18 heavy (non-hydrogen) atoms. The van der Waals surface area contributed by atoms with Crippen LogP contribution in [-0.2, 0) is 4.79 Å². The molecule has 0 bridgehead atoms. The number of carbonyl (C=O) groups is 1. The zero-order chi connectivity index (χ0) is 13.8. The second-order valence-corrected chi connectivity index (χ2v) is 5.97. The Balaban J connectivity index is 2.34. The Morgan fingerprint density at radius 3 is 2.33 bits per heavy atom. The predicted octanol–water partition coefficient (Wildman–Crippen LogP) is -0.134. The summed E-state index contributed by atoms with van der Waals surface area (Å²) < 4.78 is 0. The first-order valence-corrected chi connectivity index (χ1v) is 6.74. The molecule has 0 saturated heterocycles. The van der Waals surface area contributed by atoms with Crippen molar-refractivity contribution in [3.8, 4) is 0 Å². The molecule has 106 valence electrons. The molecule has 0 aromatic carbocycles. The van der Waals surface area contributed by atoms with Crippen molar-refractivity contribution >= 4 is 5.91 Å². The molecule has 1 saturated carbocycles. The number of nitrogens with zero attached hydrogens (tertiary/aromatic N) is 2. The van der Waals surface area contributed by atoms with Crippen LogP contribution in [0.5, 0.6) is 0 Å². The second-order valence-electron chi connectivity index (χ2n) is 5.97. The fourth-order valence-corrected chi connectivity index (χ4v) is 1.84. The van der Waals surface area contributed by atoms with E-state index in [-0.39, 0.29) is 5.91 Å². The molecule has 1 amide bonds. The third kappa shape index (κ3) is 5.33. The van der Waals surface area contributed by atoms with Gasteiger partial charge in [-0.15, -0.1) is 0 Å². The van der Waals surface area contributed by atoms with Crippen LogP contribution < -0.4 is 11.1 Å². The van der Waals surface area contributed by atoms with E-state index in [1.807, 2.05) is 6.92 Å². The molecule has 1 aliphatic rings. The van der Waals surface area contributed by atoms with Gasteiger partial charge in [0.1, 0.15) is 0 Å². The molecule has 1 fully saturated rings. The number of primary amides is 1. The van der Waals surface area contributed by atoms with Crippen LogP contribution in [-0.4, -0.2) is 68.1 Å². The maximum absolute atomic E-state index is 11.6. The van der Waals surface area contributed by atoms with Gasteiger partial charge in [-0.1, -0.05) is 0 Å². The molecule has 0 aliphatic heterocycles. The van der Waals surface area contributed by atoms with Gasteiger partial charge >= 0.3 is 0 Å². The fourth-order valence-electron chi connectivity index (χ4n) is 1.84. The van der Waals surface area contributed by atoms with Crippen molar-refractivity contribution < 1.29 is 4.79 Å². The first-order valence-electron chi connectivity index (χ1n) is 6.74. The zero-order valence-corrected chi connectivity index (χ0v) is 12.2. The van der Waals surface area contributed by atoms with Gasteiger partial charge in [0.2, 0.25) is 5.91 Å². The molecule has 5 nitrogen and oxygen atoms in total. The van der Waals surface area contributed by atoms with Gasteiger partial charge in [0, 0.05) is 25.7 Å². The summed E-state index contributed by atoms with van der Waals surface area (Å²) >= 11 is 0. The number of nitrogens with one attached hydrogen (secondary N) is 1. The number of carbonyl (C=O) groups excluding carboxylic acids is 1. The summed E-state index contributed by atoms with van der Waals surface area (Å²) in [5, 5.41) is 3.38. The topological polar surface area (TPSA) is 61.6 Å². The summed E-state index contributed by atoms with van der Waals surface area (Å²) in [4.78, 5) is 16.0. The number of hydrogen-bond acceptors (Lipinski definition) is 4. The van der Waals surface area contributed by atoms with Crippen molar-refractivity contribution in [2.24, 2.45) is 5.73 Å². The molecule has 1 atom stereocenters. The maximum Gasteiger partial charge on any atom is 0.237 e. The largest absolute Gasteiger partial charge is 0.368 e. The van der Waals surface area contributed by atoms with E-state index in [1.165, 1.54) is 12.8 Å². The van der Waals surface area contributed by atoms with Crippen LogP contribution in [0.25, 0.3) is 0 Å². The van der Waals surface area contributed by atoms with E-state index in [1.54, 1.807) is 0 Å². The lowest BCUT2D eigenvalue weighted by Crippen LogP contribution is -2.55. The highest BCUT2D eigenvalue weighted by Gasteiger charge is 2.36. The number of nitrogens with two attached hydrogens (primary N) is 1. The monoisotopic (exact) mass is 256 g/mol. The van der Waals surface area contributed by atoms with Gasteiger partial charge in [-0.3, -0.25) is 4.79 Å². The Labute approximate surface area is 111 Å². The third-order valence-corrected chi connectivity index (χ3v) is 3.57. The van der Waals surface area contributed by atoms with E-state index >= 15 is 0 Å². The van der Waals surface area contributed by atoms with Crippen LogP contribution >= 0.6 is 0 Å². The lowest BCUT2D eigenvalue weighted by molar-refractivity contribution is -0.124. The number of rotatable bonds is 9. The van der Waals surface area contributed by atoms with Crippen LogP contribution in [0.2, 0.25) is 0 Å². The van der Waals surface area contributed by atoms with E-state index in [9.17, 15) is 4.79 Å². The highest BCUT2D eigenvalue weighted by Crippen LogP contribution is 2.24. The minimum Gasteiger partial charge on any atom is -0.368 e. The summed E-state index contributed by atoms with van der Waals surface area (Å²) in [5.74, 6) is -0.240. The SMILES string of the molecule is CN(C)CCN(C)CCC(C)(NC1CC1)C(N)=O. The van der Waals surface area contributed by atoms with E-state index in [0.29, 0.717) is 6.04 Å². The summed E-state index contributed by atoms with van der Waals surface area (Å²) in [5.41, 5.74) is 4.97. The smallest absolute Gasteiger partial charge is 0.237 e. The minimum atomic E-state index is -0.562. The third-order valence-electron chi connectivity index (χ3n) is 3.57. The Morgan fingerprint density at radius 2 is 1.89 bits per heavy atom. The van der Waals surface area contributed by atoms with E-state index in [0.717, 1.165) is 26.1 Å². The lowest BCUT2D eigenvalue weighted by Gasteiger charge is -2.30. The molecule has 0 heterocycles. The molecule has 5 heteroatoms. The summed E-state index contributed by atoms with van der Waals surface area (Å²) in [7, 11) is 6.22. The van der Waals surface area contributed by atoms with Gasteiger partial charge in [-0.25, -0.2) is 0 Å². The average molecular weight is 256 g/mol. The van der Waals surface area contributed by atoms with Crippen molar-refractivity contribution in [3.63, 3.8) is 0 Å². The molecule has 0 aromatic rings. The normalized spacial score (nSPS) is 19.2. The first-order chi connectivity index (χ1) is 8.33. The second kappa shape index (κ2) is 6.50. The van der Waals surface area contributed by atoms with Crippen LogP contribution in [0.1, 0.15) is 26.2 Å². The Hall–Kier alpha value is -0.650. The van der Waals surface area contributed by atoms with Gasteiger partial charge in [-0.2, -0.15) is 0 Å². The molecular weight excluding hydrogens is 228 g/mol. The van der Waals surface area contributed by atoms with Gasteiger partial charge < -0.3 is 20.9 Å². The summed E-state index contributed by atoms with van der Waals surface area (Å²) in [6.07, 6.45) is 3.10. The molecule has 0 spiro atoms. The van der Waals surface area contributed by atoms with Crippen LogP contribution in [0, 0.1) is 0 Å². The quantitative estimate of drug-likeness (QED) is 0.603. The first kappa shape index (κ1) is 15.4. The van der Waals surface area contributed by atoms with E-state index in [4.69, 9.17) is 5.73 Å². The van der Waals surface area contributed by atoms with Crippen molar-refractivity contribution in [1.82, 2.24) is 15.1 Å². The average Bonchev–Trinajstić information content (AvgIpc) is 3.07. The standard InChI is InChI=1S/C13H28N4O/c1-13(12(14)18,15-11-5-6-11)7-8-17(4)10-9-16(2)3/h11,15H,5-10H2,1-4H3,(H2,14,18). The Morgan fingerprint density at radius 1 is 1.28 bits per heavy atom. The number of hydrogen-bond donors (Lipinski definition) is 2. The van der Waals surface area contributed by atoms with Crippen LogP contribution in [0.4, 0.5) is 0 Å². The van der Waals surface area contributed by atoms with Crippen LogP contribution in [0.3, 0.4) is 0 Å². The molecule has 1 aliphatic carbocycles. The van der Waals surface area contributed by atoms with Gasteiger partial charge in [0.05, 0.1) is 5.54 Å². The predicted molar refractivity (Wildman–Crippen MR) is 74.4 cm³/mol. The molecule has 0 radical (unpaired) electrons. The lowest BCUT2D eigenvalue weighted by atomic mass is 9.96. The van der Waals surface area contributed by atoms with Gasteiger partial charge in [0.15, 0.2) is 0 Å². The van der Waals surface area contributed by atoms with Crippen molar-refractivity contribution in [1.29, 1.82) is 0 Å². The maximum atomic E-state index is 11.6. The van der Waals surface area contributed by atoms with E-state index < -0.39 is 5.54 Å². The minimum absolute atomic E-state index is 0.240. The van der Waals surface area contributed by atoms with E-state index in [2.05, 4.69) is 36.3 Å². The van der Waals surface area contributed by atoms with Crippen molar-refractivity contribution in [2.75, 3.05) is 40.8 Å². The molecule has 0 aromatic heterocycles. The molecule has 1 rings (SSSR count).